The lowest BCUT2D eigenvalue weighted by atomic mass is 10.1. The zero-order valence-corrected chi connectivity index (χ0v) is 22.0. The number of aryl methyl sites for hydroxylation is 2. The molecular formula is C27H22FN5O5S. The van der Waals surface area contributed by atoms with Crippen molar-refractivity contribution in [3.63, 3.8) is 0 Å². The van der Waals surface area contributed by atoms with Crippen molar-refractivity contribution in [3.8, 4) is 28.0 Å². The van der Waals surface area contributed by atoms with Gasteiger partial charge in [-0.15, -0.1) is 11.3 Å². The second-order valence-electron chi connectivity index (χ2n) is 8.94. The van der Waals surface area contributed by atoms with Gasteiger partial charge in [-0.25, -0.2) is 24.1 Å². The first-order chi connectivity index (χ1) is 18.9. The molecule has 0 saturated carbocycles. The minimum absolute atomic E-state index is 0.0877. The average molecular weight is 548 g/mol. The predicted molar refractivity (Wildman–Crippen MR) is 143 cm³/mol. The molecule has 10 nitrogen and oxygen atoms in total. The van der Waals surface area contributed by atoms with Crippen LogP contribution in [-0.4, -0.2) is 52.5 Å². The third-order valence-electron chi connectivity index (χ3n) is 6.01. The molecule has 12 heteroatoms. The Morgan fingerprint density at radius 2 is 2.03 bits per heavy atom. The Kier molecular flexibility index (Phi) is 6.31. The lowest BCUT2D eigenvalue weighted by molar-refractivity contribution is 0.0381. The van der Waals surface area contributed by atoms with Crippen LogP contribution in [0.15, 0.2) is 42.7 Å². The fourth-order valence-electron chi connectivity index (χ4n) is 4.18. The molecule has 0 saturated heterocycles. The van der Waals surface area contributed by atoms with Gasteiger partial charge in [0.1, 0.15) is 28.4 Å². The minimum Gasteiger partial charge on any atom is -0.484 e. The second kappa shape index (κ2) is 9.95. The van der Waals surface area contributed by atoms with Crippen molar-refractivity contribution in [1.29, 1.82) is 0 Å². The molecule has 0 radical (unpaired) electrons. The molecular weight excluding hydrogens is 525 g/mol. The summed E-state index contributed by atoms with van der Waals surface area (Å²) in [6.07, 6.45) is 1.80. The molecule has 2 aromatic carbocycles. The zero-order valence-electron chi connectivity index (χ0n) is 21.1. The van der Waals surface area contributed by atoms with E-state index in [0.717, 1.165) is 16.8 Å². The SMILES string of the molecule is COc1cnc2c(-c3nc4c(F)cc5c(c4s3)OC[C@H](COC(=O)Nc3ccc(C)nc3)O5)cc(C)cc2n1. The van der Waals surface area contributed by atoms with Crippen LogP contribution in [0.3, 0.4) is 0 Å². The van der Waals surface area contributed by atoms with E-state index in [0.29, 0.717) is 38.1 Å². The molecule has 0 fully saturated rings. The number of benzene rings is 2. The van der Waals surface area contributed by atoms with Crippen LogP contribution in [0.4, 0.5) is 14.9 Å². The third kappa shape index (κ3) is 4.86. The molecule has 1 aliphatic rings. The smallest absolute Gasteiger partial charge is 0.411 e. The quantitative estimate of drug-likeness (QED) is 0.306. The number of aromatic nitrogens is 4. The molecule has 39 heavy (non-hydrogen) atoms. The fourth-order valence-corrected chi connectivity index (χ4v) is 5.27. The Morgan fingerprint density at radius 3 is 2.82 bits per heavy atom. The summed E-state index contributed by atoms with van der Waals surface area (Å²) >= 11 is 1.28. The van der Waals surface area contributed by atoms with E-state index in [-0.39, 0.29) is 24.5 Å². The van der Waals surface area contributed by atoms with Crippen LogP contribution in [-0.2, 0) is 4.74 Å². The van der Waals surface area contributed by atoms with E-state index in [2.05, 4.69) is 25.3 Å². The van der Waals surface area contributed by atoms with Crippen molar-refractivity contribution in [2.45, 2.75) is 20.0 Å². The van der Waals surface area contributed by atoms with Crippen molar-refractivity contribution in [1.82, 2.24) is 19.9 Å². The Labute approximate surface area is 225 Å². The zero-order chi connectivity index (χ0) is 27.1. The van der Waals surface area contributed by atoms with E-state index in [4.69, 9.17) is 18.9 Å². The number of anilines is 1. The molecule has 3 aromatic heterocycles. The minimum atomic E-state index is -0.658. The van der Waals surface area contributed by atoms with Crippen LogP contribution < -0.4 is 19.5 Å². The normalized spacial score (nSPS) is 14.4. The number of nitrogens with one attached hydrogen (secondary N) is 1. The lowest BCUT2D eigenvalue weighted by Crippen LogP contribution is -2.35. The second-order valence-corrected chi connectivity index (χ2v) is 9.94. The van der Waals surface area contributed by atoms with E-state index in [1.165, 1.54) is 36.9 Å². The van der Waals surface area contributed by atoms with E-state index in [9.17, 15) is 4.79 Å². The largest absolute Gasteiger partial charge is 0.484 e. The Balaban J connectivity index is 1.24. The van der Waals surface area contributed by atoms with Crippen molar-refractivity contribution in [2.24, 2.45) is 0 Å². The summed E-state index contributed by atoms with van der Waals surface area (Å²) in [4.78, 5) is 29.8. The molecule has 1 atom stereocenters. The highest BCUT2D eigenvalue weighted by Crippen LogP contribution is 2.45. The van der Waals surface area contributed by atoms with E-state index >= 15 is 4.39 Å². The molecule has 4 heterocycles. The van der Waals surface area contributed by atoms with E-state index in [1.54, 1.807) is 12.1 Å². The number of hydrogen-bond acceptors (Lipinski definition) is 10. The first kappa shape index (κ1) is 24.7. The van der Waals surface area contributed by atoms with Crippen LogP contribution >= 0.6 is 11.3 Å². The van der Waals surface area contributed by atoms with Gasteiger partial charge in [-0.05, 0) is 43.7 Å². The highest BCUT2D eigenvalue weighted by atomic mass is 32.1. The number of halogens is 1. The number of carbonyl (C=O) groups is 1. The van der Waals surface area contributed by atoms with Gasteiger partial charge in [-0.1, -0.05) is 0 Å². The molecule has 1 aliphatic heterocycles. The number of hydrogen-bond donors (Lipinski definition) is 1. The summed E-state index contributed by atoms with van der Waals surface area (Å²) in [7, 11) is 1.53. The van der Waals surface area contributed by atoms with Crippen LogP contribution in [0, 0.1) is 19.7 Å². The first-order valence-electron chi connectivity index (χ1n) is 12.0. The summed E-state index contributed by atoms with van der Waals surface area (Å²) in [5, 5.41) is 3.17. The summed E-state index contributed by atoms with van der Waals surface area (Å²) in [5.74, 6) is 0.464. The number of methoxy groups -OCH3 is 1. The molecule has 0 bridgehead atoms. The monoisotopic (exact) mass is 547 g/mol. The van der Waals surface area contributed by atoms with Crippen LogP contribution in [0.1, 0.15) is 11.3 Å². The lowest BCUT2D eigenvalue weighted by Gasteiger charge is -2.26. The summed E-state index contributed by atoms with van der Waals surface area (Å²) in [6.45, 7) is 3.81. The van der Waals surface area contributed by atoms with Gasteiger partial charge in [0, 0.05) is 17.3 Å². The molecule has 0 unspecified atom stereocenters. The molecule has 6 rings (SSSR count). The third-order valence-corrected chi connectivity index (χ3v) is 7.10. The van der Waals surface area contributed by atoms with Crippen LogP contribution in [0.25, 0.3) is 31.8 Å². The number of rotatable bonds is 5. The van der Waals surface area contributed by atoms with E-state index < -0.39 is 18.0 Å². The van der Waals surface area contributed by atoms with Gasteiger partial charge in [0.05, 0.1) is 36.2 Å². The maximum atomic E-state index is 15.2. The van der Waals surface area contributed by atoms with Crippen molar-refractivity contribution < 1.29 is 28.1 Å². The first-order valence-corrected chi connectivity index (χ1v) is 12.8. The standard InChI is InChI=1S/C27H22FN5O5S/c1-13-6-17(22-19(7-13)32-21(35-3)10-30-22)26-33-23-18(28)8-20-24(25(23)39-26)36-11-16(38-20)12-37-27(34)31-15-5-4-14(2)29-9-15/h4-10,16H,11-12H2,1-3H3,(H,31,34)/t16-/m1/s1. The highest BCUT2D eigenvalue weighted by Gasteiger charge is 2.28. The Hall–Kier alpha value is -4.58. The van der Waals surface area contributed by atoms with Gasteiger partial charge in [0.25, 0.3) is 0 Å². The van der Waals surface area contributed by atoms with Crippen molar-refractivity contribution in [2.75, 3.05) is 25.6 Å². The fraction of sp³-hybridized carbons (Fsp3) is 0.222. The van der Waals surface area contributed by atoms with E-state index in [1.807, 2.05) is 26.0 Å². The molecule has 1 N–H and O–H groups in total. The number of pyridine rings is 1. The number of nitrogens with zero attached hydrogens (tertiary/aromatic N) is 4. The maximum Gasteiger partial charge on any atom is 0.411 e. The molecule has 0 aliphatic carbocycles. The average Bonchev–Trinajstić information content (AvgIpc) is 3.38. The topological polar surface area (TPSA) is 118 Å². The summed E-state index contributed by atoms with van der Waals surface area (Å²) < 4.78 is 38.1. The number of ether oxygens (including phenoxy) is 4. The van der Waals surface area contributed by atoms with Gasteiger partial charge in [-0.2, -0.15) is 0 Å². The number of carbonyl (C=O) groups excluding carboxylic acids is 1. The number of thiazole rings is 1. The Bertz CT molecular complexity index is 1730. The van der Waals surface area contributed by atoms with Crippen molar-refractivity contribution >= 4 is 44.4 Å². The summed E-state index contributed by atoms with van der Waals surface area (Å²) in [6, 6.07) is 8.58. The van der Waals surface area contributed by atoms with Crippen molar-refractivity contribution in [3.05, 3.63) is 59.8 Å². The van der Waals surface area contributed by atoms with Crippen LogP contribution in [0.2, 0.25) is 0 Å². The molecule has 0 spiro atoms. The van der Waals surface area contributed by atoms with Gasteiger partial charge in [-0.3, -0.25) is 10.3 Å². The number of amides is 1. The van der Waals surface area contributed by atoms with Crippen LogP contribution in [0.5, 0.6) is 17.4 Å². The summed E-state index contributed by atoms with van der Waals surface area (Å²) in [5.41, 5.74) is 4.47. The Morgan fingerprint density at radius 1 is 1.15 bits per heavy atom. The van der Waals surface area contributed by atoms with Gasteiger partial charge in [0.15, 0.2) is 23.4 Å². The molecule has 198 valence electrons. The molecule has 1 amide bonds. The number of fused-ring (bicyclic) bond motifs is 4. The maximum absolute atomic E-state index is 15.2. The van der Waals surface area contributed by atoms with Gasteiger partial charge >= 0.3 is 6.09 Å². The highest BCUT2D eigenvalue weighted by molar-refractivity contribution is 7.22. The van der Waals surface area contributed by atoms with Gasteiger partial charge < -0.3 is 18.9 Å². The predicted octanol–water partition coefficient (Wildman–Crippen LogP) is 5.45. The van der Waals surface area contributed by atoms with Gasteiger partial charge in [0.2, 0.25) is 5.88 Å². The molecule has 5 aromatic rings.